The van der Waals surface area contributed by atoms with E-state index in [0.717, 1.165) is 37.6 Å². The van der Waals surface area contributed by atoms with E-state index in [2.05, 4.69) is 55.9 Å². The van der Waals surface area contributed by atoms with Crippen LogP contribution in [0.1, 0.15) is 13.8 Å². The standard InChI is InChI=1S/C28H37N9O3/c1-6-13-36-26(40)23-19-29-27(30-21-9-11-22(12-10-21)35-16-14-33(4)15-17-35)31-25(23)37(36)24(8-7-18-38)32-34(5)28(2,3)20-39/h6-12,18-19,39H,1,13-17,20H2,2-5H3,(H,29,30,31)/b8-7-,32-24+. The lowest BCUT2D eigenvalue weighted by molar-refractivity contribution is -0.104. The minimum Gasteiger partial charge on any atom is -0.394 e. The lowest BCUT2D eigenvalue weighted by Crippen LogP contribution is -2.44. The van der Waals surface area contributed by atoms with Gasteiger partial charge in [0.1, 0.15) is 11.7 Å². The Morgan fingerprint density at radius 2 is 1.93 bits per heavy atom. The molecule has 1 saturated heterocycles. The Labute approximate surface area is 233 Å². The number of benzene rings is 1. The number of hydrogen-bond acceptors (Lipinski definition) is 10. The van der Waals surface area contributed by atoms with E-state index in [1.165, 1.54) is 27.7 Å². The molecule has 40 heavy (non-hydrogen) atoms. The molecule has 1 aromatic carbocycles. The third-order valence-corrected chi connectivity index (χ3v) is 7.03. The number of rotatable bonds is 10. The van der Waals surface area contributed by atoms with Gasteiger partial charge in [-0.25, -0.2) is 14.3 Å². The van der Waals surface area contributed by atoms with Gasteiger partial charge >= 0.3 is 0 Å². The second-order valence-corrected chi connectivity index (χ2v) is 10.3. The van der Waals surface area contributed by atoms with Crippen LogP contribution in [0.5, 0.6) is 0 Å². The van der Waals surface area contributed by atoms with Crippen molar-refractivity contribution in [2.45, 2.75) is 25.9 Å². The number of aromatic nitrogens is 4. The Morgan fingerprint density at radius 3 is 2.55 bits per heavy atom. The summed E-state index contributed by atoms with van der Waals surface area (Å²) < 4.78 is 2.96. The molecule has 3 heterocycles. The van der Waals surface area contributed by atoms with Crippen LogP contribution in [0.15, 0.2) is 65.2 Å². The third kappa shape index (κ3) is 6.13. The highest BCUT2D eigenvalue weighted by Crippen LogP contribution is 2.22. The van der Waals surface area contributed by atoms with Crippen LogP contribution < -0.4 is 15.8 Å². The summed E-state index contributed by atoms with van der Waals surface area (Å²) in [6.07, 6.45) is 6.47. The lowest BCUT2D eigenvalue weighted by atomic mass is 10.1. The fourth-order valence-corrected chi connectivity index (χ4v) is 4.22. The van der Waals surface area contributed by atoms with E-state index < -0.39 is 5.54 Å². The molecule has 0 unspecified atom stereocenters. The molecule has 0 saturated carbocycles. The zero-order valence-electron chi connectivity index (χ0n) is 23.5. The first-order valence-corrected chi connectivity index (χ1v) is 13.1. The van der Waals surface area contributed by atoms with Gasteiger partial charge in [0.25, 0.3) is 5.56 Å². The summed E-state index contributed by atoms with van der Waals surface area (Å²) in [5.74, 6) is 0.554. The van der Waals surface area contributed by atoms with Crippen molar-refractivity contribution in [1.29, 1.82) is 0 Å². The molecule has 4 rings (SSSR count). The van der Waals surface area contributed by atoms with Gasteiger partial charge in [0.05, 0.1) is 18.7 Å². The number of hydrogen-bond donors (Lipinski definition) is 2. The molecule has 0 spiro atoms. The van der Waals surface area contributed by atoms with Crippen LogP contribution in [0, 0.1) is 0 Å². The smallest absolute Gasteiger partial charge is 0.278 e. The molecule has 0 atom stereocenters. The Kier molecular flexibility index (Phi) is 8.80. The van der Waals surface area contributed by atoms with E-state index in [1.54, 1.807) is 18.1 Å². The summed E-state index contributed by atoms with van der Waals surface area (Å²) >= 11 is 0. The van der Waals surface area contributed by atoms with Crippen LogP contribution in [-0.2, 0) is 11.3 Å². The van der Waals surface area contributed by atoms with Crippen LogP contribution in [-0.4, -0.2) is 98.9 Å². The van der Waals surface area contributed by atoms with Gasteiger partial charge in [-0.3, -0.25) is 14.6 Å². The Bertz CT molecular complexity index is 1460. The maximum absolute atomic E-state index is 13.3. The fourth-order valence-electron chi connectivity index (χ4n) is 4.22. The fraction of sp³-hybridized carbons (Fsp3) is 0.393. The number of carbonyl (C=O) groups is 1. The van der Waals surface area contributed by atoms with E-state index in [1.807, 2.05) is 26.0 Å². The second kappa shape index (κ2) is 12.3. The summed E-state index contributed by atoms with van der Waals surface area (Å²) in [6, 6.07) is 8.08. The van der Waals surface area contributed by atoms with Gasteiger partial charge in [0.15, 0.2) is 11.5 Å². The Hall–Kier alpha value is -4.29. The minimum atomic E-state index is -0.704. The molecule has 0 bridgehead atoms. The second-order valence-electron chi connectivity index (χ2n) is 10.3. The van der Waals surface area contributed by atoms with E-state index in [-0.39, 0.29) is 29.9 Å². The summed E-state index contributed by atoms with van der Waals surface area (Å²) in [6.45, 7) is 11.5. The number of likely N-dealkylation sites (N-methyl/N-ethyl adjacent to an activating group) is 2. The predicted octanol–water partition coefficient (Wildman–Crippen LogP) is 1.89. The summed E-state index contributed by atoms with van der Waals surface area (Å²) in [5.41, 5.74) is 1.24. The molecular formula is C28H37N9O3. The van der Waals surface area contributed by atoms with Gasteiger partial charge in [-0.1, -0.05) is 6.08 Å². The van der Waals surface area contributed by atoms with E-state index in [4.69, 9.17) is 0 Å². The molecule has 2 N–H and O–H groups in total. The molecule has 0 radical (unpaired) electrons. The van der Waals surface area contributed by atoms with Crippen LogP contribution in [0.3, 0.4) is 0 Å². The summed E-state index contributed by atoms with van der Waals surface area (Å²) in [7, 11) is 3.84. The van der Waals surface area contributed by atoms with E-state index in [9.17, 15) is 14.7 Å². The van der Waals surface area contributed by atoms with Gasteiger partial charge in [-0.05, 0) is 57.3 Å². The molecule has 0 amide bonds. The molecule has 0 aliphatic carbocycles. The van der Waals surface area contributed by atoms with Gasteiger partial charge < -0.3 is 20.2 Å². The molecular weight excluding hydrogens is 510 g/mol. The number of fused-ring (bicyclic) bond motifs is 1. The number of nitrogens with one attached hydrogen (secondary N) is 1. The summed E-state index contributed by atoms with van der Waals surface area (Å²) in [5, 5.41) is 19.5. The number of aldehydes is 1. The number of nitrogens with zero attached hydrogens (tertiary/aromatic N) is 8. The van der Waals surface area contributed by atoms with Crippen LogP contribution in [0.4, 0.5) is 17.3 Å². The molecule has 1 aliphatic rings. The van der Waals surface area contributed by atoms with E-state index in [0.29, 0.717) is 17.9 Å². The highest BCUT2D eigenvalue weighted by molar-refractivity contribution is 6.01. The third-order valence-electron chi connectivity index (χ3n) is 7.03. The zero-order chi connectivity index (χ0) is 28.9. The molecule has 1 fully saturated rings. The largest absolute Gasteiger partial charge is 0.394 e. The minimum absolute atomic E-state index is 0.159. The maximum Gasteiger partial charge on any atom is 0.278 e. The van der Waals surface area contributed by atoms with E-state index >= 15 is 0 Å². The monoisotopic (exact) mass is 547 g/mol. The van der Waals surface area contributed by atoms with Gasteiger partial charge in [-0.15, -0.1) is 6.58 Å². The number of aliphatic hydroxyl groups is 1. The van der Waals surface area contributed by atoms with Crippen molar-refractivity contribution in [2.24, 2.45) is 5.10 Å². The quantitative estimate of drug-likeness (QED) is 0.0978. The Balaban J connectivity index is 1.73. The number of aliphatic hydroxyl groups excluding tert-OH is 1. The van der Waals surface area contributed by atoms with Crippen molar-refractivity contribution in [3.05, 3.63) is 65.6 Å². The number of allylic oxidation sites excluding steroid dienone is 3. The molecule has 3 aromatic rings. The van der Waals surface area contributed by atoms with Crippen molar-refractivity contribution in [2.75, 3.05) is 57.1 Å². The molecule has 1 aliphatic heterocycles. The van der Waals surface area contributed by atoms with Crippen molar-refractivity contribution >= 4 is 40.5 Å². The van der Waals surface area contributed by atoms with Crippen LogP contribution >= 0.6 is 0 Å². The predicted molar refractivity (Wildman–Crippen MR) is 158 cm³/mol. The van der Waals surface area contributed by atoms with Crippen LogP contribution in [0.2, 0.25) is 0 Å². The normalized spacial score (nSPS) is 15.1. The number of hydrazone groups is 1. The first-order chi connectivity index (χ1) is 19.2. The van der Waals surface area contributed by atoms with Crippen molar-refractivity contribution in [3.63, 3.8) is 0 Å². The molecule has 212 valence electrons. The molecule has 2 aromatic heterocycles. The highest BCUT2D eigenvalue weighted by Gasteiger charge is 2.24. The topological polar surface area (TPSA) is 124 Å². The zero-order valence-corrected chi connectivity index (χ0v) is 23.5. The average Bonchev–Trinajstić information content (AvgIpc) is 3.22. The van der Waals surface area contributed by atoms with Crippen LogP contribution in [0.25, 0.3) is 11.0 Å². The SMILES string of the molecule is C=CCn1c(=O)c2cnc(Nc3ccc(N4CCN(C)CC4)cc3)nc2n1C(/C=C\C=O)=N/N(C)C(C)(C)CO. The Morgan fingerprint density at radius 1 is 1.23 bits per heavy atom. The van der Waals surface area contributed by atoms with Crippen molar-refractivity contribution in [1.82, 2.24) is 29.2 Å². The van der Waals surface area contributed by atoms with Gasteiger partial charge in [0, 0.05) is 50.8 Å². The molecule has 12 nitrogen and oxygen atoms in total. The number of piperazine rings is 1. The summed E-state index contributed by atoms with van der Waals surface area (Å²) in [4.78, 5) is 38.3. The van der Waals surface area contributed by atoms with Gasteiger partial charge in [-0.2, -0.15) is 10.1 Å². The molecule has 12 heteroatoms. The first kappa shape index (κ1) is 28.7. The number of anilines is 3. The van der Waals surface area contributed by atoms with Gasteiger partial charge in [0.2, 0.25) is 5.95 Å². The first-order valence-electron chi connectivity index (χ1n) is 13.1. The number of carbonyl (C=O) groups excluding carboxylic acids is 1. The van der Waals surface area contributed by atoms with Crippen molar-refractivity contribution in [3.8, 4) is 0 Å². The maximum atomic E-state index is 13.3. The lowest BCUT2D eigenvalue weighted by Gasteiger charge is -2.34. The average molecular weight is 548 g/mol. The van der Waals surface area contributed by atoms with Crippen molar-refractivity contribution < 1.29 is 9.90 Å². The highest BCUT2D eigenvalue weighted by atomic mass is 16.3.